The van der Waals surface area contributed by atoms with Gasteiger partial charge in [-0.25, -0.2) is 4.98 Å². The highest BCUT2D eigenvalue weighted by Gasteiger charge is 2.25. The number of H-pyrrole nitrogens is 1. The summed E-state index contributed by atoms with van der Waals surface area (Å²) in [7, 11) is 0. The van der Waals surface area contributed by atoms with Gasteiger partial charge in [-0.05, 0) is 50.6 Å². The van der Waals surface area contributed by atoms with Crippen LogP contribution in [0.5, 0.6) is 0 Å². The number of rotatable bonds is 3. The van der Waals surface area contributed by atoms with Crippen molar-refractivity contribution >= 4 is 11.0 Å². The van der Waals surface area contributed by atoms with Gasteiger partial charge in [-0.3, -0.25) is 9.80 Å². The number of hydrogen-bond acceptors (Lipinski definition) is 4. The standard InChI is InChI=1S/C18H26N4O/c1-14-19-17-3-2-15(12-18(17)20-14)13-21-6-4-16(5-7-21)22-8-10-23-11-9-22/h2-3,12,16H,4-11,13H2,1H3,(H,19,20). The van der Waals surface area contributed by atoms with E-state index in [4.69, 9.17) is 4.74 Å². The lowest BCUT2D eigenvalue weighted by Gasteiger charge is -2.40. The number of likely N-dealkylation sites (tertiary alicyclic amines) is 1. The molecule has 2 fully saturated rings. The number of fused-ring (bicyclic) bond motifs is 1. The Bertz CT molecular complexity index is 654. The van der Waals surface area contributed by atoms with Crippen LogP contribution < -0.4 is 0 Å². The molecule has 0 atom stereocenters. The van der Waals surface area contributed by atoms with Gasteiger partial charge in [0, 0.05) is 25.7 Å². The predicted molar refractivity (Wildman–Crippen MR) is 91.5 cm³/mol. The summed E-state index contributed by atoms with van der Waals surface area (Å²) in [5.74, 6) is 0.989. The number of aryl methyl sites for hydroxylation is 1. The van der Waals surface area contributed by atoms with Crippen molar-refractivity contribution in [2.75, 3.05) is 39.4 Å². The summed E-state index contributed by atoms with van der Waals surface area (Å²) in [6.07, 6.45) is 2.57. The number of hydrogen-bond donors (Lipinski definition) is 1. The fourth-order valence-corrected chi connectivity index (χ4v) is 3.93. The summed E-state index contributed by atoms with van der Waals surface area (Å²) in [5.41, 5.74) is 3.60. The molecule has 4 rings (SSSR count). The first-order chi connectivity index (χ1) is 11.3. The maximum Gasteiger partial charge on any atom is 0.104 e. The lowest BCUT2D eigenvalue weighted by atomic mass is 10.0. The highest BCUT2D eigenvalue weighted by atomic mass is 16.5. The molecule has 1 N–H and O–H groups in total. The minimum atomic E-state index is 0.757. The van der Waals surface area contributed by atoms with Crippen LogP contribution in [0.2, 0.25) is 0 Å². The predicted octanol–water partition coefficient (Wildman–Crippen LogP) is 2.17. The molecule has 2 aromatic rings. The van der Waals surface area contributed by atoms with Gasteiger partial charge in [0.15, 0.2) is 0 Å². The van der Waals surface area contributed by atoms with Gasteiger partial charge in [0.05, 0.1) is 24.2 Å². The Balaban J connectivity index is 1.34. The van der Waals surface area contributed by atoms with Crippen LogP contribution >= 0.6 is 0 Å². The van der Waals surface area contributed by atoms with Crippen LogP contribution in [0.15, 0.2) is 18.2 Å². The second-order valence-corrected chi connectivity index (χ2v) is 6.83. The quantitative estimate of drug-likeness (QED) is 0.943. The van der Waals surface area contributed by atoms with Gasteiger partial charge in [0.2, 0.25) is 0 Å². The molecule has 0 spiro atoms. The minimum absolute atomic E-state index is 0.757. The number of aromatic amines is 1. The molecule has 0 unspecified atom stereocenters. The third kappa shape index (κ3) is 3.42. The van der Waals surface area contributed by atoms with Crippen molar-refractivity contribution in [3.63, 3.8) is 0 Å². The lowest BCUT2D eigenvalue weighted by molar-refractivity contribution is 0.000233. The molecule has 0 radical (unpaired) electrons. The number of imidazole rings is 1. The summed E-state index contributed by atoms with van der Waals surface area (Å²) in [5, 5.41) is 0. The molecular weight excluding hydrogens is 288 g/mol. The zero-order valence-corrected chi connectivity index (χ0v) is 13.9. The van der Waals surface area contributed by atoms with E-state index in [1.54, 1.807) is 0 Å². The SMILES string of the molecule is Cc1nc2ccc(CN3CCC(N4CCOCC4)CC3)cc2[nH]1. The van der Waals surface area contributed by atoms with E-state index in [9.17, 15) is 0 Å². The first-order valence-electron chi connectivity index (χ1n) is 8.77. The first kappa shape index (κ1) is 15.1. The van der Waals surface area contributed by atoms with Crippen LogP contribution in [0.4, 0.5) is 0 Å². The molecule has 2 saturated heterocycles. The van der Waals surface area contributed by atoms with Crippen LogP contribution in [0.3, 0.4) is 0 Å². The zero-order chi connectivity index (χ0) is 15.6. The normalized spacial score (nSPS) is 22.0. The smallest absolute Gasteiger partial charge is 0.104 e. The molecule has 0 aliphatic carbocycles. The molecule has 0 saturated carbocycles. The Morgan fingerprint density at radius 2 is 1.96 bits per heavy atom. The van der Waals surface area contributed by atoms with Gasteiger partial charge in [-0.1, -0.05) is 6.07 Å². The van der Waals surface area contributed by atoms with Gasteiger partial charge >= 0.3 is 0 Å². The van der Waals surface area contributed by atoms with E-state index in [0.717, 1.165) is 55.7 Å². The molecule has 1 aromatic carbocycles. The third-order valence-electron chi connectivity index (χ3n) is 5.19. The molecule has 1 aromatic heterocycles. The topological polar surface area (TPSA) is 44.4 Å². The number of morpholine rings is 1. The highest BCUT2D eigenvalue weighted by Crippen LogP contribution is 2.21. The Hall–Kier alpha value is -1.43. The number of aromatic nitrogens is 2. The Morgan fingerprint density at radius 1 is 1.17 bits per heavy atom. The van der Waals surface area contributed by atoms with Crippen LogP contribution in [-0.4, -0.2) is 65.2 Å². The van der Waals surface area contributed by atoms with E-state index in [1.807, 2.05) is 6.92 Å². The van der Waals surface area contributed by atoms with Crippen LogP contribution in [0, 0.1) is 6.92 Å². The van der Waals surface area contributed by atoms with Crippen molar-refractivity contribution < 1.29 is 4.74 Å². The maximum atomic E-state index is 5.47. The molecule has 2 aliphatic heterocycles. The maximum absolute atomic E-state index is 5.47. The Kier molecular flexibility index (Phi) is 4.33. The van der Waals surface area contributed by atoms with Crippen molar-refractivity contribution in [1.29, 1.82) is 0 Å². The summed E-state index contributed by atoms with van der Waals surface area (Å²) in [6, 6.07) is 7.36. The van der Waals surface area contributed by atoms with Gasteiger partial charge in [-0.15, -0.1) is 0 Å². The molecular formula is C18H26N4O. The van der Waals surface area contributed by atoms with Crippen molar-refractivity contribution in [2.45, 2.75) is 32.4 Å². The molecule has 0 amide bonds. The lowest BCUT2D eigenvalue weighted by Crippen LogP contribution is -2.48. The molecule has 5 heteroatoms. The molecule has 0 bridgehead atoms. The summed E-state index contributed by atoms with van der Waals surface area (Å²) in [6.45, 7) is 9.48. The van der Waals surface area contributed by atoms with Gasteiger partial charge in [0.25, 0.3) is 0 Å². The average molecular weight is 314 g/mol. The minimum Gasteiger partial charge on any atom is -0.379 e. The molecule has 124 valence electrons. The van der Waals surface area contributed by atoms with E-state index in [1.165, 1.54) is 31.5 Å². The first-order valence-corrected chi connectivity index (χ1v) is 8.77. The van der Waals surface area contributed by atoms with Crippen molar-refractivity contribution in [3.8, 4) is 0 Å². The summed E-state index contributed by atoms with van der Waals surface area (Å²) < 4.78 is 5.47. The number of nitrogens with one attached hydrogen (secondary N) is 1. The number of nitrogens with zero attached hydrogens (tertiary/aromatic N) is 3. The van der Waals surface area contributed by atoms with E-state index in [-0.39, 0.29) is 0 Å². The summed E-state index contributed by atoms with van der Waals surface area (Å²) in [4.78, 5) is 13.0. The van der Waals surface area contributed by atoms with E-state index in [2.05, 4.69) is 38.0 Å². The average Bonchev–Trinajstić information content (AvgIpc) is 2.96. The molecule has 23 heavy (non-hydrogen) atoms. The van der Waals surface area contributed by atoms with Crippen molar-refractivity contribution in [1.82, 2.24) is 19.8 Å². The van der Waals surface area contributed by atoms with Crippen LogP contribution in [-0.2, 0) is 11.3 Å². The van der Waals surface area contributed by atoms with Crippen molar-refractivity contribution in [3.05, 3.63) is 29.6 Å². The number of benzene rings is 1. The van der Waals surface area contributed by atoms with E-state index >= 15 is 0 Å². The molecule has 5 nitrogen and oxygen atoms in total. The molecule has 3 heterocycles. The molecule has 2 aliphatic rings. The Morgan fingerprint density at radius 3 is 2.74 bits per heavy atom. The number of ether oxygens (including phenoxy) is 1. The van der Waals surface area contributed by atoms with E-state index in [0.29, 0.717) is 0 Å². The fourth-order valence-electron chi connectivity index (χ4n) is 3.93. The second-order valence-electron chi connectivity index (χ2n) is 6.83. The van der Waals surface area contributed by atoms with Gasteiger partial charge in [-0.2, -0.15) is 0 Å². The highest BCUT2D eigenvalue weighted by molar-refractivity contribution is 5.75. The van der Waals surface area contributed by atoms with Crippen molar-refractivity contribution in [2.24, 2.45) is 0 Å². The third-order valence-corrected chi connectivity index (χ3v) is 5.19. The van der Waals surface area contributed by atoms with Crippen LogP contribution in [0.1, 0.15) is 24.2 Å². The summed E-state index contributed by atoms with van der Waals surface area (Å²) >= 11 is 0. The van der Waals surface area contributed by atoms with Gasteiger partial charge < -0.3 is 9.72 Å². The van der Waals surface area contributed by atoms with Gasteiger partial charge in [0.1, 0.15) is 5.82 Å². The number of piperidine rings is 1. The second kappa shape index (κ2) is 6.59. The Labute approximate surface area is 137 Å². The van der Waals surface area contributed by atoms with E-state index < -0.39 is 0 Å². The van der Waals surface area contributed by atoms with Crippen LogP contribution in [0.25, 0.3) is 11.0 Å². The largest absolute Gasteiger partial charge is 0.379 e. The monoisotopic (exact) mass is 314 g/mol. The fraction of sp³-hybridized carbons (Fsp3) is 0.611. The zero-order valence-electron chi connectivity index (χ0n) is 13.9.